The van der Waals surface area contributed by atoms with Crippen LogP contribution in [0.1, 0.15) is 38.7 Å². The van der Waals surface area contributed by atoms with E-state index in [0.717, 1.165) is 22.9 Å². The first kappa shape index (κ1) is 15.6. The van der Waals surface area contributed by atoms with Gasteiger partial charge in [-0.3, -0.25) is 4.79 Å². The van der Waals surface area contributed by atoms with E-state index in [9.17, 15) is 4.79 Å². The number of esters is 1. The van der Waals surface area contributed by atoms with Gasteiger partial charge in [-0.15, -0.1) is 0 Å². The Bertz CT molecular complexity index is 604. The molecule has 0 saturated carbocycles. The van der Waals surface area contributed by atoms with Crippen LogP contribution in [0.2, 0.25) is 0 Å². The van der Waals surface area contributed by atoms with Gasteiger partial charge < -0.3 is 15.5 Å². The molecule has 0 bridgehead atoms. The van der Waals surface area contributed by atoms with Gasteiger partial charge in [0.05, 0.1) is 6.61 Å². The molecule has 0 radical (unpaired) electrons. The number of hydrogen-bond acceptors (Lipinski definition) is 3. The van der Waals surface area contributed by atoms with Gasteiger partial charge in [0.1, 0.15) is 6.04 Å². The summed E-state index contributed by atoms with van der Waals surface area (Å²) in [5.74, 6) is 0.0983. The van der Waals surface area contributed by atoms with Crippen LogP contribution in [0.4, 0.5) is 0 Å². The Morgan fingerprint density at radius 1 is 1.29 bits per heavy atom. The predicted molar refractivity (Wildman–Crippen MR) is 85.1 cm³/mol. The number of nitrogens with one attached hydrogen (secondary N) is 1. The van der Waals surface area contributed by atoms with E-state index in [-0.39, 0.29) is 11.9 Å². The monoisotopic (exact) mass is 288 g/mol. The molecule has 2 aromatic rings. The number of ether oxygens (including phenoxy) is 1. The van der Waals surface area contributed by atoms with Gasteiger partial charge in [0.15, 0.2) is 0 Å². The molecule has 1 aromatic carbocycles. The fourth-order valence-corrected chi connectivity index (χ4v) is 2.36. The summed E-state index contributed by atoms with van der Waals surface area (Å²) in [7, 11) is 0. The molecule has 0 saturated heterocycles. The van der Waals surface area contributed by atoms with Crippen LogP contribution in [0.3, 0.4) is 0 Å². The van der Waals surface area contributed by atoms with E-state index in [2.05, 4.69) is 18.8 Å². The van der Waals surface area contributed by atoms with Crippen molar-refractivity contribution < 1.29 is 9.53 Å². The molecule has 0 fully saturated rings. The van der Waals surface area contributed by atoms with Gasteiger partial charge in [-0.1, -0.05) is 39.0 Å². The van der Waals surface area contributed by atoms with Crippen molar-refractivity contribution in [3.05, 3.63) is 36.0 Å². The minimum absolute atomic E-state index is 0.0901. The lowest BCUT2D eigenvalue weighted by Gasteiger charge is -2.18. The molecule has 21 heavy (non-hydrogen) atoms. The number of carbonyl (C=O) groups is 1. The van der Waals surface area contributed by atoms with Gasteiger partial charge >= 0.3 is 5.97 Å². The summed E-state index contributed by atoms with van der Waals surface area (Å²) >= 11 is 0. The Hall–Kier alpha value is -1.81. The Morgan fingerprint density at radius 2 is 2.00 bits per heavy atom. The molecule has 1 aromatic heterocycles. The summed E-state index contributed by atoms with van der Waals surface area (Å²) in [5, 5.41) is 1.11. The fraction of sp³-hybridized carbons (Fsp3) is 0.471. The number of aromatic amines is 1. The average Bonchev–Trinajstić information content (AvgIpc) is 2.89. The maximum absolute atomic E-state index is 12.0. The Morgan fingerprint density at radius 3 is 2.71 bits per heavy atom. The lowest BCUT2D eigenvalue weighted by Crippen LogP contribution is -2.37. The van der Waals surface area contributed by atoms with Crippen LogP contribution in [0.25, 0.3) is 10.9 Å². The van der Waals surface area contributed by atoms with E-state index in [0.29, 0.717) is 12.5 Å². The zero-order chi connectivity index (χ0) is 15.4. The molecule has 0 aliphatic rings. The minimum atomic E-state index is -0.642. The second kappa shape index (κ2) is 6.76. The lowest BCUT2D eigenvalue weighted by atomic mass is 9.93. The summed E-state index contributed by atoms with van der Waals surface area (Å²) in [4.78, 5) is 15.3. The molecular formula is C17H24N2O2. The third kappa shape index (κ3) is 3.64. The standard InChI is InChI=1S/C17H24N2O2/c1-11(2)8-9-21-17(20)16(18)12(3)14-10-19-15-7-5-4-6-13(14)15/h4-7,10-12,16,19H,8-9,18H2,1-3H3/t12?,16-/m0/s1. The fourth-order valence-electron chi connectivity index (χ4n) is 2.36. The number of benzene rings is 1. The molecule has 2 atom stereocenters. The van der Waals surface area contributed by atoms with E-state index >= 15 is 0 Å². The maximum Gasteiger partial charge on any atom is 0.323 e. The third-order valence-electron chi connectivity index (χ3n) is 3.86. The van der Waals surface area contributed by atoms with Crippen molar-refractivity contribution in [1.82, 2.24) is 4.98 Å². The van der Waals surface area contributed by atoms with Gasteiger partial charge in [-0.25, -0.2) is 0 Å². The highest BCUT2D eigenvalue weighted by Gasteiger charge is 2.25. The molecule has 1 unspecified atom stereocenters. The van der Waals surface area contributed by atoms with Crippen molar-refractivity contribution in [1.29, 1.82) is 0 Å². The number of nitrogens with two attached hydrogens (primary N) is 1. The van der Waals surface area contributed by atoms with Crippen molar-refractivity contribution in [2.24, 2.45) is 11.7 Å². The van der Waals surface area contributed by atoms with E-state index in [1.165, 1.54) is 0 Å². The highest BCUT2D eigenvalue weighted by molar-refractivity contribution is 5.85. The Labute approximate surface area is 125 Å². The lowest BCUT2D eigenvalue weighted by molar-refractivity contribution is -0.146. The van der Waals surface area contributed by atoms with Crippen LogP contribution in [-0.2, 0) is 9.53 Å². The molecule has 0 aliphatic carbocycles. The summed E-state index contributed by atoms with van der Waals surface area (Å²) in [6.07, 6.45) is 2.79. The molecule has 0 aliphatic heterocycles. The highest BCUT2D eigenvalue weighted by Crippen LogP contribution is 2.27. The third-order valence-corrected chi connectivity index (χ3v) is 3.86. The van der Waals surface area contributed by atoms with Crippen molar-refractivity contribution in [2.45, 2.75) is 39.2 Å². The summed E-state index contributed by atoms with van der Waals surface area (Å²) in [6.45, 7) is 6.60. The van der Waals surface area contributed by atoms with Crippen LogP contribution in [0, 0.1) is 5.92 Å². The molecule has 2 rings (SSSR count). The predicted octanol–water partition coefficient (Wildman–Crippen LogP) is 3.19. The number of rotatable bonds is 6. The molecule has 114 valence electrons. The Kier molecular flexibility index (Phi) is 5.02. The number of H-pyrrole nitrogens is 1. The molecule has 4 heteroatoms. The maximum atomic E-state index is 12.0. The quantitative estimate of drug-likeness (QED) is 0.802. The average molecular weight is 288 g/mol. The highest BCUT2D eigenvalue weighted by atomic mass is 16.5. The van der Waals surface area contributed by atoms with E-state index in [1.807, 2.05) is 37.4 Å². The summed E-state index contributed by atoms with van der Waals surface area (Å²) in [6, 6.07) is 7.37. The van der Waals surface area contributed by atoms with Crippen molar-refractivity contribution >= 4 is 16.9 Å². The SMILES string of the molecule is CC(C)CCOC(=O)[C@@H](N)C(C)c1c[nH]c2ccccc12. The smallest absolute Gasteiger partial charge is 0.323 e. The number of aromatic nitrogens is 1. The van der Waals surface area contributed by atoms with Gasteiger partial charge in [0, 0.05) is 23.0 Å². The second-order valence-corrected chi connectivity index (χ2v) is 5.95. The number of hydrogen-bond donors (Lipinski definition) is 2. The van der Waals surface area contributed by atoms with Gasteiger partial charge in [-0.05, 0) is 24.0 Å². The van der Waals surface area contributed by atoms with Crippen LogP contribution in [0.15, 0.2) is 30.5 Å². The largest absolute Gasteiger partial charge is 0.465 e. The van der Waals surface area contributed by atoms with Crippen LogP contribution in [-0.4, -0.2) is 23.6 Å². The summed E-state index contributed by atoms with van der Waals surface area (Å²) in [5.41, 5.74) is 8.18. The first-order valence-corrected chi connectivity index (χ1v) is 7.49. The second-order valence-electron chi connectivity index (χ2n) is 5.95. The first-order chi connectivity index (χ1) is 10.0. The zero-order valence-corrected chi connectivity index (χ0v) is 12.9. The van der Waals surface area contributed by atoms with E-state index < -0.39 is 6.04 Å². The Balaban J connectivity index is 2.05. The topological polar surface area (TPSA) is 68.1 Å². The molecule has 1 heterocycles. The number of carbonyl (C=O) groups excluding carboxylic acids is 1. The van der Waals surface area contributed by atoms with Gasteiger partial charge in [0.2, 0.25) is 0 Å². The molecule has 3 N–H and O–H groups in total. The van der Waals surface area contributed by atoms with E-state index in [1.54, 1.807) is 0 Å². The molecular weight excluding hydrogens is 264 g/mol. The van der Waals surface area contributed by atoms with Crippen LogP contribution in [0.5, 0.6) is 0 Å². The minimum Gasteiger partial charge on any atom is -0.465 e. The summed E-state index contributed by atoms with van der Waals surface area (Å²) < 4.78 is 5.27. The number of fused-ring (bicyclic) bond motifs is 1. The normalized spacial score (nSPS) is 14.3. The molecule has 4 nitrogen and oxygen atoms in total. The van der Waals surface area contributed by atoms with Crippen LogP contribution >= 0.6 is 0 Å². The first-order valence-electron chi connectivity index (χ1n) is 7.49. The molecule has 0 amide bonds. The van der Waals surface area contributed by atoms with Crippen molar-refractivity contribution in [3.8, 4) is 0 Å². The van der Waals surface area contributed by atoms with Crippen molar-refractivity contribution in [3.63, 3.8) is 0 Å². The molecule has 0 spiro atoms. The van der Waals surface area contributed by atoms with Gasteiger partial charge in [-0.2, -0.15) is 0 Å². The van der Waals surface area contributed by atoms with E-state index in [4.69, 9.17) is 10.5 Å². The zero-order valence-electron chi connectivity index (χ0n) is 12.9. The van der Waals surface area contributed by atoms with Gasteiger partial charge in [0.25, 0.3) is 0 Å². The van der Waals surface area contributed by atoms with Crippen molar-refractivity contribution in [2.75, 3.05) is 6.61 Å². The number of para-hydroxylation sites is 1. The van der Waals surface area contributed by atoms with Crippen LogP contribution < -0.4 is 5.73 Å².